The quantitative estimate of drug-likeness (QED) is 0.886. The molecule has 1 unspecified atom stereocenters. The molecule has 0 aromatic heterocycles. The number of rotatable bonds is 3. The van der Waals surface area contributed by atoms with Crippen LogP contribution < -0.4 is 4.74 Å². The van der Waals surface area contributed by atoms with Crippen molar-refractivity contribution in [2.24, 2.45) is 0 Å². The van der Waals surface area contributed by atoms with Gasteiger partial charge in [0, 0.05) is 10.6 Å². The Hall–Kier alpha value is -1.22. The van der Waals surface area contributed by atoms with Crippen molar-refractivity contribution < 1.29 is 14.6 Å². The second-order valence-corrected chi connectivity index (χ2v) is 4.20. The molecule has 0 aliphatic rings. The van der Waals surface area contributed by atoms with Crippen molar-refractivity contribution in [2.45, 2.75) is 26.7 Å². The molecule has 3 nitrogen and oxygen atoms in total. The van der Waals surface area contributed by atoms with Gasteiger partial charge in [0.05, 0.1) is 13.0 Å². The highest BCUT2D eigenvalue weighted by atomic mass is 35.5. The fourth-order valence-corrected chi connectivity index (χ4v) is 1.97. The van der Waals surface area contributed by atoms with Crippen molar-refractivity contribution in [3.05, 3.63) is 27.8 Å². The summed E-state index contributed by atoms with van der Waals surface area (Å²) in [5.74, 6) is -0.798. The third kappa shape index (κ3) is 2.14. The molecule has 0 radical (unpaired) electrons. The van der Waals surface area contributed by atoms with Crippen molar-refractivity contribution in [1.82, 2.24) is 0 Å². The summed E-state index contributed by atoms with van der Waals surface area (Å²) in [6.07, 6.45) is 0. The number of carboxylic acids is 1. The van der Waals surface area contributed by atoms with Crippen LogP contribution >= 0.6 is 11.6 Å². The fraction of sp³-hybridized carbons (Fsp3) is 0.417. The maximum Gasteiger partial charge on any atom is 0.310 e. The second-order valence-electron chi connectivity index (χ2n) is 3.79. The van der Waals surface area contributed by atoms with E-state index in [4.69, 9.17) is 21.4 Å². The first-order chi connectivity index (χ1) is 7.40. The van der Waals surface area contributed by atoms with E-state index in [0.29, 0.717) is 16.3 Å². The number of ether oxygens (including phenoxy) is 1. The van der Waals surface area contributed by atoms with E-state index in [-0.39, 0.29) is 0 Å². The van der Waals surface area contributed by atoms with Gasteiger partial charge in [-0.2, -0.15) is 0 Å². The lowest BCUT2D eigenvalue weighted by Crippen LogP contribution is -2.10. The van der Waals surface area contributed by atoms with Crippen molar-refractivity contribution in [3.63, 3.8) is 0 Å². The Morgan fingerprint density at radius 1 is 1.44 bits per heavy atom. The van der Waals surface area contributed by atoms with Crippen LogP contribution in [-0.4, -0.2) is 18.2 Å². The summed E-state index contributed by atoms with van der Waals surface area (Å²) in [5, 5.41) is 9.53. The van der Waals surface area contributed by atoms with Crippen LogP contribution in [0.5, 0.6) is 5.75 Å². The summed E-state index contributed by atoms with van der Waals surface area (Å²) in [7, 11) is 1.56. The van der Waals surface area contributed by atoms with E-state index < -0.39 is 11.9 Å². The van der Waals surface area contributed by atoms with Gasteiger partial charge in [-0.25, -0.2) is 0 Å². The van der Waals surface area contributed by atoms with Gasteiger partial charge in [0.2, 0.25) is 0 Å². The number of methoxy groups -OCH3 is 1. The molecule has 0 heterocycles. The van der Waals surface area contributed by atoms with E-state index in [9.17, 15) is 4.79 Å². The highest BCUT2D eigenvalue weighted by molar-refractivity contribution is 6.31. The molecule has 1 atom stereocenters. The van der Waals surface area contributed by atoms with Gasteiger partial charge >= 0.3 is 5.97 Å². The molecule has 0 saturated heterocycles. The first-order valence-corrected chi connectivity index (χ1v) is 5.34. The van der Waals surface area contributed by atoms with Crippen LogP contribution in [0, 0.1) is 13.8 Å². The lowest BCUT2D eigenvalue weighted by Gasteiger charge is -2.17. The SMILES string of the molecule is COc1c(C)c(Cl)cc(C(C)C(=O)O)c1C. The maximum atomic E-state index is 11.0. The number of hydrogen-bond acceptors (Lipinski definition) is 2. The lowest BCUT2D eigenvalue weighted by atomic mass is 9.94. The summed E-state index contributed by atoms with van der Waals surface area (Å²) >= 11 is 6.05. The largest absolute Gasteiger partial charge is 0.496 e. The molecule has 0 fully saturated rings. The first-order valence-electron chi connectivity index (χ1n) is 4.96. The zero-order valence-electron chi connectivity index (χ0n) is 9.80. The molecule has 0 aliphatic carbocycles. The van der Waals surface area contributed by atoms with Gasteiger partial charge in [-0.1, -0.05) is 11.6 Å². The van der Waals surface area contributed by atoms with Gasteiger partial charge in [-0.3, -0.25) is 4.79 Å². The van der Waals surface area contributed by atoms with Gasteiger partial charge < -0.3 is 9.84 Å². The van der Waals surface area contributed by atoms with Crippen molar-refractivity contribution in [2.75, 3.05) is 7.11 Å². The third-order valence-electron chi connectivity index (χ3n) is 2.80. The number of benzene rings is 1. The van der Waals surface area contributed by atoms with Gasteiger partial charge in [0.1, 0.15) is 5.75 Å². The zero-order valence-corrected chi connectivity index (χ0v) is 10.6. The monoisotopic (exact) mass is 242 g/mol. The minimum atomic E-state index is -0.870. The van der Waals surface area contributed by atoms with Gasteiger partial charge in [-0.05, 0) is 38.0 Å². The standard InChI is InChI=1S/C12H15ClO3/c1-6-9(7(2)12(14)15)5-10(13)8(3)11(6)16-4/h5,7H,1-4H3,(H,14,15). The predicted molar refractivity (Wildman–Crippen MR) is 63.5 cm³/mol. The third-order valence-corrected chi connectivity index (χ3v) is 3.19. The number of hydrogen-bond donors (Lipinski definition) is 1. The van der Waals surface area contributed by atoms with Crippen molar-refractivity contribution in [1.29, 1.82) is 0 Å². The Bertz CT molecular complexity index is 427. The molecule has 1 aromatic carbocycles. The van der Waals surface area contributed by atoms with Crippen molar-refractivity contribution >= 4 is 17.6 Å². The van der Waals surface area contributed by atoms with Crippen LogP contribution in [0.25, 0.3) is 0 Å². The maximum absolute atomic E-state index is 11.0. The Balaban J connectivity index is 3.42. The molecule has 88 valence electrons. The smallest absolute Gasteiger partial charge is 0.310 e. The Kier molecular flexibility index (Phi) is 3.81. The van der Waals surface area contributed by atoms with Crippen LogP contribution in [0.15, 0.2) is 6.07 Å². The summed E-state index contributed by atoms with van der Waals surface area (Å²) in [4.78, 5) is 11.0. The minimum Gasteiger partial charge on any atom is -0.496 e. The van der Waals surface area contributed by atoms with E-state index in [1.807, 2.05) is 13.8 Å². The summed E-state index contributed by atoms with van der Waals surface area (Å²) in [6, 6.07) is 1.70. The average Bonchev–Trinajstić information content (AvgIpc) is 2.23. The normalized spacial score (nSPS) is 12.3. The van der Waals surface area contributed by atoms with Crippen LogP contribution in [0.4, 0.5) is 0 Å². The van der Waals surface area contributed by atoms with Gasteiger partial charge in [0.15, 0.2) is 0 Å². The van der Waals surface area contributed by atoms with Gasteiger partial charge in [0.25, 0.3) is 0 Å². The van der Waals surface area contributed by atoms with E-state index in [2.05, 4.69) is 0 Å². The van der Waals surface area contributed by atoms with Crippen LogP contribution in [0.2, 0.25) is 5.02 Å². The molecule has 0 amide bonds. The van der Waals surface area contributed by atoms with E-state index >= 15 is 0 Å². The predicted octanol–water partition coefficient (Wildman–Crippen LogP) is 3.15. The fourth-order valence-electron chi connectivity index (χ4n) is 1.76. The molecule has 16 heavy (non-hydrogen) atoms. The van der Waals surface area contributed by atoms with E-state index in [0.717, 1.165) is 11.1 Å². The Labute approximate surface area is 100.0 Å². The molecule has 0 bridgehead atoms. The highest BCUT2D eigenvalue weighted by Crippen LogP contribution is 2.35. The zero-order chi connectivity index (χ0) is 12.5. The average molecular weight is 243 g/mol. The molecule has 4 heteroatoms. The molecule has 1 aromatic rings. The number of carboxylic acid groups (broad SMARTS) is 1. The Morgan fingerprint density at radius 3 is 2.44 bits per heavy atom. The van der Waals surface area contributed by atoms with Crippen molar-refractivity contribution in [3.8, 4) is 5.75 Å². The second kappa shape index (κ2) is 4.74. The molecule has 0 spiro atoms. The summed E-state index contributed by atoms with van der Waals surface area (Å²) in [5.41, 5.74) is 2.36. The molecular formula is C12H15ClO3. The summed E-state index contributed by atoms with van der Waals surface area (Å²) in [6.45, 7) is 5.33. The minimum absolute atomic E-state index is 0.533. The molecule has 1 rings (SSSR count). The molecular weight excluding hydrogens is 228 g/mol. The molecule has 0 saturated carbocycles. The van der Waals surface area contributed by atoms with Crippen LogP contribution in [0.1, 0.15) is 29.5 Å². The lowest BCUT2D eigenvalue weighted by molar-refractivity contribution is -0.138. The van der Waals surface area contributed by atoms with Crippen LogP contribution in [-0.2, 0) is 4.79 Å². The van der Waals surface area contributed by atoms with E-state index in [1.54, 1.807) is 20.1 Å². The van der Waals surface area contributed by atoms with Gasteiger partial charge in [-0.15, -0.1) is 0 Å². The first kappa shape index (κ1) is 12.8. The Morgan fingerprint density at radius 2 is 2.00 bits per heavy atom. The van der Waals surface area contributed by atoms with E-state index in [1.165, 1.54) is 0 Å². The molecule has 0 aliphatic heterocycles. The number of halogens is 1. The molecule has 1 N–H and O–H groups in total. The topological polar surface area (TPSA) is 46.5 Å². The number of carbonyl (C=O) groups is 1. The van der Waals surface area contributed by atoms with Crippen LogP contribution in [0.3, 0.4) is 0 Å². The number of aliphatic carboxylic acids is 1. The highest BCUT2D eigenvalue weighted by Gasteiger charge is 2.20. The summed E-state index contributed by atoms with van der Waals surface area (Å²) < 4.78 is 5.25.